The van der Waals surface area contributed by atoms with Gasteiger partial charge >= 0.3 is 6.18 Å². The lowest BCUT2D eigenvalue weighted by Gasteiger charge is -2.34. The van der Waals surface area contributed by atoms with E-state index < -0.39 is 77.2 Å². The number of benzene rings is 2. The van der Waals surface area contributed by atoms with Crippen LogP contribution < -0.4 is 11.1 Å². The van der Waals surface area contributed by atoms with Crippen LogP contribution in [0, 0.1) is 18.6 Å². The topological polar surface area (TPSA) is 148 Å². The van der Waals surface area contributed by atoms with Crippen molar-refractivity contribution in [3.63, 3.8) is 0 Å². The van der Waals surface area contributed by atoms with Crippen molar-refractivity contribution in [2.75, 3.05) is 19.7 Å². The van der Waals surface area contributed by atoms with Crippen LogP contribution in [0.1, 0.15) is 42.2 Å². The summed E-state index contributed by atoms with van der Waals surface area (Å²) in [5, 5.41) is 14.5. The van der Waals surface area contributed by atoms with E-state index in [-0.39, 0.29) is 27.9 Å². The Bertz CT molecular complexity index is 1800. The third-order valence-corrected chi connectivity index (χ3v) is 8.27. The zero-order valence-corrected chi connectivity index (χ0v) is 26.4. The summed E-state index contributed by atoms with van der Waals surface area (Å²) in [6, 6.07) is 4.09. The minimum atomic E-state index is -4.78. The molecule has 3 N–H and O–H groups in total. The molecule has 2 aromatic heterocycles. The number of alkyl halides is 3. The van der Waals surface area contributed by atoms with E-state index in [1.54, 1.807) is 0 Å². The summed E-state index contributed by atoms with van der Waals surface area (Å²) in [6.45, 7) is 1.78. The molecule has 2 aliphatic rings. The summed E-state index contributed by atoms with van der Waals surface area (Å²) in [7, 11) is 0. The van der Waals surface area contributed by atoms with Gasteiger partial charge in [0.05, 0.1) is 17.4 Å². The van der Waals surface area contributed by atoms with Gasteiger partial charge in [-0.15, -0.1) is 5.10 Å². The number of hydrogen-bond acceptors (Lipinski definition) is 9. The van der Waals surface area contributed by atoms with Gasteiger partial charge in [-0.1, -0.05) is 28.4 Å². The van der Waals surface area contributed by atoms with Gasteiger partial charge in [0, 0.05) is 17.1 Å². The molecule has 2 fully saturated rings. The molecule has 1 amide bonds. The first-order valence-electron chi connectivity index (χ1n) is 14.6. The van der Waals surface area contributed by atoms with Crippen molar-refractivity contribution < 1.29 is 41.0 Å². The lowest BCUT2D eigenvalue weighted by atomic mass is 9.98. The second-order valence-electron chi connectivity index (χ2n) is 11.1. The first-order chi connectivity index (χ1) is 22.8. The molecule has 0 aliphatic carbocycles. The van der Waals surface area contributed by atoms with Gasteiger partial charge < -0.3 is 25.3 Å². The standard InChI is InChI=1S/C29H27Cl2F5N8O4/c1-13-39-27(44(41-13)20-10-15(30)4-5-16(20)29(34,35)36)26-24(46-12-21(45)38-7-3-2-6-37)23(25-28(47-25)48-26)43-11-19(40-42-43)14-8-17(32)22(31)18(33)9-14/h4-5,8-11,23-26,28H,2-3,6-7,12,37H2,1H3,(H,38,45). The zero-order valence-electron chi connectivity index (χ0n) is 24.9. The van der Waals surface area contributed by atoms with Crippen LogP contribution in [0.5, 0.6) is 0 Å². The number of nitrogens with zero attached hydrogens (tertiary/aromatic N) is 6. The van der Waals surface area contributed by atoms with Gasteiger partial charge in [0.15, 0.2) is 12.1 Å². The predicted octanol–water partition coefficient (Wildman–Crippen LogP) is 4.72. The van der Waals surface area contributed by atoms with E-state index in [4.69, 9.17) is 43.1 Å². The maximum Gasteiger partial charge on any atom is 0.418 e. The number of carbonyl (C=O) groups excluding carboxylic acids is 1. The number of unbranched alkanes of at least 4 members (excludes halogenated alkanes) is 1. The molecule has 0 bridgehead atoms. The van der Waals surface area contributed by atoms with Crippen molar-refractivity contribution in [1.29, 1.82) is 0 Å². The minimum absolute atomic E-state index is 0.00876. The lowest BCUT2D eigenvalue weighted by Crippen LogP contribution is -2.45. The maximum atomic E-state index is 14.2. The molecule has 12 nitrogen and oxygen atoms in total. The highest BCUT2D eigenvalue weighted by Gasteiger charge is 2.60. The Morgan fingerprint density at radius 2 is 1.88 bits per heavy atom. The van der Waals surface area contributed by atoms with Gasteiger partial charge in [0.25, 0.3) is 0 Å². The molecular formula is C29H27Cl2F5N8O4. The van der Waals surface area contributed by atoms with E-state index in [0.29, 0.717) is 25.9 Å². The van der Waals surface area contributed by atoms with Crippen molar-refractivity contribution in [3.05, 3.63) is 75.4 Å². The summed E-state index contributed by atoms with van der Waals surface area (Å²) in [6.07, 6.45) is -6.13. The quantitative estimate of drug-likeness (QED) is 0.0975. The molecule has 5 atom stereocenters. The normalized spacial score (nSPS) is 22.1. The number of aromatic nitrogens is 6. The van der Waals surface area contributed by atoms with E-state index in [1.165, 1.54) is 17.8 Å². The summed E-state index contributed by atoms with van der Waals surface area (Å²) >= 11 is 11.8. The molecule has 256 valence electrons. The largest absolute Gasteiger partial charge is 0.418 e. The molecule has 48 heavy (non-hydrogen) atoms. The first kappa shape index (κ1) is 34.1. The van der Waals surface area contributed by atoms with E-state index in [2.05, 4.69) is 25.7 Å². The number of epoxide rings is 1. The van der Waals surface area contributed by atoms with Gasteiger partial charge in [-0.05, 0) is 56.6 Å². The van der Waals surface area contributed by atoms with Crippen LogP contribution in [-0.2, 0) is 25.2 Å². The van der Waals surface area contributed by atoms with Crippen molar-refractivity contribution in [2.45, 2.75) is 56.6 Å². The predicted molar refractivity (Wildman–Crippen MR) is 159 cm³/mol. The lowest BCUT2D eigenvalue weighted by molar-refractivity contribution is -0.152. The highest BCUT2D eigenvalue weighted by atomic mass is 35.5. The number of nitrogens with one attached hydrogen (secondary N) is 1. The Hall–Kier alpha value is -3.74. The number of amides is 1. The Labute approximate surface area is 279 Å². The number of aryl methyl sites for hydroxylation is 1. The number of fused-ring (bicyclic) bond motifs is 1. The number of hydrogen-bond donors (Lipinski definition) is 2. The third-order valence-electron chi connectivity index (χ3n) is 7.68. The molecular weight excluding hydrogens is 690 g/mol. The second-order valence-corrected chi connectivity index (χ2v) is 11.9. The van der Waals surface area contributed by atoms with Crippen molar-refractivity contribution in [2.24, 2.45) is 5.73 Å². The highest BCUT2D eigenvalue weighted by molar-refractivity contribution is 6.31. The zero-order chi connectivity index (χ0) is 34.3. The second kappa shape index (κ2) is 13.6. The van der Waals surface area contributed by atoms with E-state index in [1.807, 2.05) is 0 Å². The summed E-state index contributed by atoms with van der Waals surface area (Å²) < 4.78 is 91.2. The number of nitrogens with two attached hydrogens (primary N) is 1. The Kier molecular flexibility index (Phi) is 9.70. The van der Waals surface area contributed by atoms with Crippen LogP contribution in [0.25, 0.3) is 16.9 Å². The van der Waals surface area contributed by atoms with E-state index >= 15 is 0 Å². The fraction of sp³-hybridized carbons (Fsp3) is 0.414. The van der Waals surface area contributed by atoms with Crippen molar-refractivity contribution in [1.82, 2.24) is 35.1 Å². The van der Waals surface area contributed by atoms with Crippen LogP contribution in [-0.4, -0.2) is 73.9 Å². The van der Waals surface area contributed by atoms with Crippen LogP contribution >= 0.6 is 23.2 Å². The number of carbonyl (C=O) groups is 1. The van der Waals surface area contributed by atoms with Gasteiger partial charge in [-0.3, -0.25) is 4.79 Å². The van der Waals surface area contributed by atoms with E-state index in [0.717, 1.165) is 35.0 Å². The summed E-state index contributed by atoms with van der Waals surface area (Å²) in [4.78, 5) is 17.2. The number of rotatable bonds is 11. The van der Waals surface area contributed by atoms with Gasteiger partial charge in [0.2, 0.25) is 5.91 Å². The molecule has 6 rings (SSSR count). The average molecular weight is 717 g/mol. The van der Waals surface area contributed by atoms with Crippen LogP contribution in [0.15, 0.2) is 36.5 Å². The molecule has 4 heterocycles. The minimum Gasteiger partial charge on any atom is -0.363 e. The summed E-state index contributed by atoms with van der Waals surface area (Å²) in [5.74, 6) is -2.50. The molecule has 0 radical (unpaired) electrons. The molecule has 2 aromatic carbocycles. The first-order valence-corrected chi connectivity index (χ1v) is 15.4. The number of ether oxygens (including phenoxy) is 3. The van der Waals surface area contributed by atoms with Crippen LogP contribution in [0.2, 0.25) is 10.0 Å². The maximum absolute atomic E-state index is 14.2. The van der Waals surface area contributed by atoms with Gasteiger partial charge in [-0.25, -0.2) is 23.1 Å². The van der Waals surface area contributed by atoms with Gasteiger partial charge in [-0.2, -0.15) is 18.3 Å². The Balaban J connectivity index is 1.39. The van der Waals surface area contributed by atoms with Gasteiger partial charge in [0.1, 0.15) is 59.1 Å². The molecule has 4 aromatic rings. The van der Waals surface area contributed by atoms with Crippen LogP contribution in [0.3, 0.4) is 0 Å². The molecule has 0 spiro atoms. The SMILES string of the molecule is Cc1nc(C2OC3OC3C(n3cc(-c4cc(F)c(Cl)c(F)c4)nn3)C2OCC(=O)NCCCCN)n(-c2cc(Cl)ccc2C(F)(F)F)n1. The van der Waals surface area contributed by atoms with Crippen molar-refractivity contribution >= 4 is 29.1 Å². The summed E-state index contributed by atoms with van der Waals surface area (Å²) in [5.41, 5.74) is 4.15. The van der Waals surface area contributed by atoms with Crippen molar-refractivity contribution in [3.8, 4) is 16.9 Å². The third kappa shape index (κ3) is 7.02. The molecule has 2 aliphatic heterocycles. The fourth-order valence-corrected chi connectivity index (χ4v) is 5.71. The molecule has 2 saturated heterocycles. The smallest absolute Gasteiger partial charge is 0.363 e. The highest BCUT2D eigenvalue weighted by Crippen LogP contribution is 2.49. The van der Waals surface area contributed by atoms with Crippen LogP contribution in [0.4, 0.5) is 22.0 Å². The molecule has 19 heteroatoms. The average Bonchev–Trinajstić information content (AvgIpc) is 3.45. The monoisotopic (exact) mass is 716 g/mol. The molecule has 0 saturated carbocycles. The molecule has 5 unspecified atom stereocenters. The number of halogens is 7. The Morgan fingerprint density at radius 1 is 1.12 bits per heavy atom. The fourth-order valence-electron chi connectivity index (χ4n) is 5.43. The van der Waals surface area contributed by atoms with E-state index in [9.17, 15) is 26.7 Å². The Morgan fingerprint density at radius 3 is 2.58 bits per heavy atom.